The van der Waals surface area contributed by atoms with Crippen molar-refractivity contribution in [1.82, 2.24) is 19.9 Å². The summed E-state index contributed by atoms with van der Waals surface area (Å²) < 4.78 is 61.2. The Bertz CT molecular complexity index is 1260. The predicted molar refractivity (Wildman–Crippen MR) is 126 cm³/mol. The molecule has 1 amide bonds. The fraction of sp³-hybridized carbons (Fsp3) is 0.435. The van der Waals surface area contributed by atoms with Crippen molar-refractivity contribution in [3.63, 3.8) is 0 Å². The van der Waals surface area contributed by atoms with Crippen molar-refractivity contribution in [2.45, 2.75) is 51.4 Å². The molecule has 3 heterocycles. The standard InChI is InChI=1S/C23H24BrF4N5O2/c1-22(2,3)35-21(34)33-6-4-5-12(11-33)31-20-30-10-15(23(26,27)28)19(32-20)14-9-29-18-8-16(24)17(25)7-13(14)18/h7-10,12,29H,4-6,11H2,1-3H3,(H,30,31,32)/t12-/m0/s1. The molecule has 4 rings (SSSR count). The number of piperidine rings is 1. The van der Waals surface area contributed by atoms with Gasteiger partial charge in [-0.3, -0.25) is 0 Å². The molecule has 2 N–H and O–H groups in total. The van der Waals surface area contributed by atoms with Gasteiger partial charge in [-0.2, -0.15) is 13.2 Å². The molecule has 3 aromatic rings. The third-order valence-electron chi connectivity index (χ3n) is 5.48. The van der Waals surface area contributed by atoms with Gasteiger partial charge in [0.1, 0.15) is 17.0 Å². The number of rotatable bonds is 3. The molecule has 1 saturated heterocycles. The first-order chi connectivity index (χ1) is 16.3. The number of halogens is 5. The second-order valence-corrected chi connectivity index (χ2v) is 10.2. The molecule has 0 bridgehead atoms. The number of H-pyrrole nitrogens is 1. The Labute approximate surface area is 207 Å². The van der Waals surface area contributed by atoms with Crippen molar-refractivity contribution < 1.29 is 27.1 Å². The number of amides is 1. The van der Waals surface area contributed by atoms with Gasteiger partial charge in [-0.15, -0.1) is 0 Å². The minimum absolute atomic E-state index is 0.0176. The summed E-state index contributed by atoms with van der Waals surface area (Å²) in [4.78, 5) is 24.9. The summed E-state index contributed by atoms with van der Waals surface area (Å²) >= 11 is 3.08. The number of ether oxygens (including phenoxy) is 1. The van der Waals surface area contributed by atoms with Crippen LogP contribution in [0, 0.1) is 5.82 Å². The van der Waals surface area contributed by atoms with E-state index in [0.29, 0.717) is 37.6 Å². The number of likely N-dealkylation sites (tertiary alicyclic amines) is 1. The van der Waals surface area contributed by atoms with Crippen LogP contribution < -0.4 is 5.32 Å². The summed E-state index contributed by atoms with van der Waals surface area (Å²) in [7, 11) is 0. The van der Waals surface area contributed by atoms with Crippen LogP contribution in [0.5, 0.6) is 0 Å². The van der Waals surface area contributed by atoms with Gasteiger partial charge in [0.25, 0.3) is 0 Å². The molecule has 7 nitrogen and oxygen atoms in total. The number of benzene rings is 1. The van der Waals surface area contributed by atoms with Crippen LogP contribution in [-0.2, 0) is 10.9 Å². The summed E-state index contributed by atoms with van der Waals surface area (Å²) in [6.07, 6.45) is -1.74. The van der Waals surface area contributed by atoms with Gasteiger partial charge in [-0.1, -0.05) is 0 Å². The summed E-state index contributed by atoms with van der Waals surface area (Å²) in [5.41, 5.74) is -1.50. The van der Waals surface area contributed by atoms with Crippen molar-refractivity contribution in [3.8, 4) is 11.3 Å². The number of hydrogen-bond donors (Lipinski definition) is 2. The molecule has 0 aliphatic carbocycles. The molecular weight excluding hydrogens is 534 g/mol. The first kappa shape index (κ1) is 25.2. The van der Waals surface area contributed by atoms with Crippen LogP contribution in [0.1, 0.15) is 39.2 Å². The molecular formula is C23H24BrF4N5O2. The van der Waals surface area contributed by atoms with Crippen molar-refractivity contribution in [1.29, 1.82) is 0 Å². The Kier molecular flexibility index (Phi) is 6.69. The molecule has 188 valence electrons. The summed E-state index contributed by atoms with van der Waals surface area (Å²) in [6, 6.07) is 2.33. The summed E-state index contributed by atoms with van der Waals surface area (Å²) in [6.45, 7) is 6.13. The van der Waals surface area contributed by atoms with E-state index in [2.05, 4.69) is 36.2 Å². The molecule has 0 radical (unpaired) electrons. The van der Waals surface area contributed by atoms with Gasteiger partial charge in [-0.05, 0) is 61.7 Å². The highest BCUT2D eigenvalue weighted by Gasteiger charge is 2.36. The molecule has 35 heavy (non-hydrogen) atoms. The molecule has 12 heteroatoms. The molecule has 0 saturated carbocycles. The lowest BCUT2D eigenvalue weighted by Gasteiger charge is -2.34. The van der Waals surface area contributed by atoms with Crippen molar-refractivity contribution in [2.24, 2.45) is 0 Å². The van der Waals surface area contributed by atoms with Gasteiger partial charge < -0.3 is 19.9 Å². The number of aromatic amines is 1. The number of nitrogens with zero attached hydrogens (tertiary/aromatic N) is 3. The van der Waals surface area contributed by atoms with E-state index < -0.39 is 29.3 Å². The quantitative estimate of drug-likeness (QED) is 0.366. The maximum absolute atomic E-state index is 14.2. The number of nitrogens with one attached hydrogen (secondary N) is 2. The highest BCUT2D eigenvalue weighted by Crippen LogP contribution is 2.39. The van der Waals surface area contributed by atoms with E-state index in [0.717, 1.165) is 6.07 Å². The van der Waals surface area contributed by atoms with Crippen LogP contribution in [0.4, 0.5) is 28.3 Å². The summed E-state index contributed by atoms with van der Waals surface area (Å²) in [5.74, 6) is -0.625. The largest absolute Gasteiger partial charge is 0.444 e. The monoisotopic (exact) mass is 557 g/mol. The Balaban J connectivity index is 1.64. The van der Waals surface area contributed by atoms with E-state index >= 15 is 0 Å². The van der Waals surface area contributed by atoms with E-state index in [1.165, 1.54) is 12.3 Å². The fourth-order valence-corrected chi connectivity index (χ4v) is 4.29. The Morgan fingerprint density at radius 1 is 1.29 bits per heavy atom. The van der Waals surface area contributed by atoms with Gasteiger partial charge in [0.15, 0.2) is 0 Å². The highest BCUT2D eigenvalue weighted by molar-refractivity contribution is 9.10. The maximum Gasteiger partial charge on any atom is 0.419 e. The van der Waals surface area contributed by atoms with E-state index in [4.69, 9.17) is 4.74 Å². The van der Waals surface area contributed by atoms with Crippen LogP contribution in [0.3, 0.4) is 0 Å². The zero-order valence-electron chi connectivity index (χ0n) is 19.3. The molecule has 0 spiro atoms. The predicted octanol–water partition coefficient (Wildman–Crippen LogP) is 6.36. The maximum atomic E-state index is 14.2. The van der Waals surface area contributed by atoms with Crippen molar-refractivity contribution in [3.05, 3.63) is 40.4 Å². The van der Waals surface area contributed by atoms with Crippen LogP contribution in [0.25, 0.3) is 22.2 Å². The molecule has 1 aromatic carbocycles. The van der Waals surface area contributed by atoms with Gasteiger partial charge >= 0.3 is 12.3 Å². The van der Waals surface area contributed by atoms with E-state index in [-0.39, 0.29) is 33.1 Å². The van der Waals surface area contributed by atoms with Crippen LogP contribution in [-0.4, -0.2) is 50.7 Å². The zero-order chi connectivity index (χ0) is 25.5. The van der Waals surface area contributed by atoms with E-state index in [1.807, 2.05) is 0 Å². The van der Waals surface area contributed by atoms with Crippen LogP contribution in [0.2, 0.25) is 0 Å². The minimum Gasteiger partial charge on any atom is -0.444 e. The van der Waals surface area contributed by atoms with E-state index in [9.17, 15) is 22.4 Å². The fourth-order valence-electron chi connectivity index (χ4n) is 3.95. The number of fused-ring (bicyclic) bond motifs is 1. The highest BCUT2D eigenvalue weighted by atomic mass is 79.9. The average Bonchev–Trinajstić information content (AvgIpc) is 3.14. The number of hydrogen-bond acceptors (Lipinski definition) is 5. The minimum atomic E-state index is -4.72. The molecule has 1 aliphatic rings. The first-order valence-corrected chi connectivity index (χ1v) is 11.8. The average molecular weight is 558 g/mol. The Morgan fingerprint density at radius 2 is 2.03 bits per heavy atom. The lowest BCUT2D eigenvalue weighted by molar-refractivity contribution is -0.137. The molecule has 0 unspecified atom stereocenters. The topological polar surface area (TPSA) is 83.1 Å². The number of carbonyl (C=O) groups is 1. The van der Waals surface area contributed by atoms with E-state index in [1.54, 1.807) is 25.7 Å². The zero-order valence-corrected chi connectivity index (χ0v) is 20.8. The molecule has 1 fully saturated rings. The third kappa shape index (κ3) is 5.68. The Morgan fingerprint density at radius 3 is 2.71 bits per heavy atom. The smallest absolute Gasteiger partial charge is 0.419 e. The lowest BCUT2D eigenvalue weighted by atomic mass is 10.1. The SMILES string of the molecule is CC(C)(C)OC(=O)N1CCC[C@H](Nc2ncc(C(F)(F)F)c(-c3c[nH]c4cc(Br)c(F)cc34)n2)C1. The second kappa shape index (κ2) is 9.29. The number of alkyl halides is 3. The first-order valence-electron chi connectivity index (χ1n) is 11.0. The number of anilines is 1. The normalized spacial score (nSPS) is 17.0. The van der Waals surface area contributed by atoms with Crippen LogP contribution >= 0.6 is 15.9 Å². The van der Waals surface area contributed by atoms with Gasteiger partial charge in [0.05, 0.1) is 10.2 Å². The van der Waals surface area contributed by atoms with Gasteiger partial charge in [0.2, 0.25) is 5.95 Å². The van der Waals surface area contributed by atoms with Gasteiger partial charge in [0, 0.05) is 48.0 Å². The molecule has 2 aromatic heterocycles. The third-order valence-corrected chi connectivity index (χ3v) is 6.09. The number of carbonyl (C=O) groups excluding carboxylic acids is 1. The lowest BCUT2D eigenvalue weighted by Crippen LogP contribution is -2.47. The summed E-state index contributed by atoms with van der Waals surface area (Å²) in [5, 5.41) is 3.31. The molecule has 1 atom stereocenters. The molecule has 1 aliphatic heterocycles. The number of aromatic nitrogens is 3. The van der Waals surface area contributed by atoms with Crippen molar-refractivity contribution in [2.75, 3.05) is 18.4 Å². The van der Waals surface area contributed by atoms with Crippen LogP contribution in [0.15, 0.2) is 29.0 Å². The Hall–Kier alpha value is -2.89. The second-order valence-electron chi connectivity index (χ2n) is 9.38. The van der Waals surface area contributed by atoms with Gasteiger partial charge in [-0.25, -0.2) is 19.2 Å². The van der Waals surface area contributed by atoms with Crippen molar-refractivity contribution >= 4 is 38.9 Å².